The highest BCUT2D eigenvalue weighted by atomic mass is 32.2. The van der Waals surface area contributed by atoms with Gasteiger partial charge in [0, 0.05) is 85.5 Å². The smallest absolute Gasteiger partial charge is 0.333 e. The summed E-state index contributed by atoms with van der Waals surface area (Å²) in [5.41, 5.74) is 7.91. The zero-order valence-corrected chi connectivity index (χ0v) is 38.8. The fourth-order valence-corrected chi connectivity index (χ4v) is 9.43. The number of allylic oxidation sites excluding steroid dienone is 8. The number of carbonyl (C=O) groups excluding carboxylic acids is 3. The molecule has 3 aromatic rings. The summed E-state index contributed by atoms with van der Waals surface area (Å²) in [5.74, 6) is -0.170. The van der Waals surface area contributed by atoms with Crippen LogP contribution >= 0.6 is 0 Å². The number of hydrogen-bond acceptors (Lipinski definition) is 10. The molecular formula is C51H58N3O10S+. The molecule has 13 nitrogen and oxygen atoms in total. The van der Waals surface area contributed by atoms with Crippen molar-refractivity contribution in [2.45, 2.75) is 89.0 Å². The van der Waals surface area contributed by atoms with Crippen molar-refractivity contribution in [2.24, 2.45) is 0 Å². The summed E-state index contributed by atoms with van der Waals surface area (Å²) >= 11 is 0. The standard InChI is InChI=1S/C51H57N3O10S/c1-35-34-50(2,3)53(26-27-62-29-28-61-6)43-33-45-40(32-39(35)43)37(30-44(63-45)36-16-10-7-11-17-36)18-12-8-13-19-46-51(4,5)41-31-38(65(58,59)60)21-22-42(41)52(46)25-15-9-14-20-49(57)64-54-47(55)23-24-48(54)56/h7-8,10-13,16-19,21-22,30-34H,9,14-15,20,23-29H2,1-6H3/p+1. The Hall–Kier alpha value is -5.93. The number of imide groups is 1. The van der Waals surface area contributed by atoms with E-state index >= 15 is 0 Å². The van der Waals surface area contributed by atoms with Gasteiger partial charge in [-0.25, -0.2) is 4.79 Å². The first kappa shape index (κ1) is 47.0. The maximum absolute atomic E-state index is 12.4. The van der Waals surface area contributed by atoms with Crippen molar-refractivity contribution in [2.75, 3.05) is 44.9 Å². The molecule has 0 spiro atoms. The largest absolute Gasteiger partial charge is 0.456 e. The maximum Gasteiger partial charge on any atom is 0.333 e. The summed E-state index contributed by atoms with van der Waals surface area (Å²) in [4.78, 5) is 43.3. The van der Waals surface area contributed by atoms with E-state index in [2.05, 4.69) is 60.6 Å². The van der Waals surface area contributed by atoms with Gasteiger partial charge in [-0.05, 0) is 82.9 Å². The molecule has 0 atom stereocenters. The van der Waals surface area contributed by atoms with Crippen LogP contribution in [-0.2, 0) is 44.2 Å². The van der Waals surface area contributed by atoms with Crippen molar-refractivity contribution >= 4 is 61.9 Å². The Morgan fingerprint density at radius 2 is 1.66 bits per heavy atom. The molecular weight excluding hydrogens is 847 g/mol. The number of unbranched alkanes of at least 4 members (excludes halogenated alkanes) is 2. The van der Waals surface area contributed by atoms with Crippen molar-refractivity contribution in [3.63, 3.8) is 0 Å². The van der Waals surface area contributed by atoms with Crippen molar-refractivity contribution in [3.8, 4) is 5.75 Å². The Morgan fingerprint density at radius 1 is 0.908 bits per heavy atom. The molecule has 0 radical (unpaired) electrons. The third kappa shape index (κ3) is 10.5. The summed E-state index contributed by atoms with van der Waals surface area (Å²) in [5, 5.41) is 0.565. The molecule has 0 aliphatic carbocycles. The highest BCUT2D eigenvalue weighted by Gasteiger charge is 2.45. The maximum atomic E-state index is 12.4. The van der Waals surface area contributed by atoms with Crippen molar-refractivity contribution in [1.82, 2.24) is 5.06 Å². The van der Waals surface area contributed by atoms with Gasteiger partial charge in [0.15, 0.2) is 5.71 Å². The fraction of sp³-hybridized carbons (Fsp3) is 0.373. The minimum Gasteiger partial charge on any atom is -0.456 e. The van der Waals surface area contributed by atoms with Gasteiger partial charge < -0.3 is 23.9 Å². The summed E-state index contributed by atoms with van der Waals surface area (Å²) in [6, 6.07) is 19.0. The number of methoxy groups -OCH3 is 1. The van der Waals surface area contributed by atoms with Crippen LogP contribution in [0.15, 0.2) is 108 Å². The summed E-state index contributed by atoms with van der Waals surface area (Å²) < 4.78 is 54.2. The first-order valence-corrected chi connectivity index (χ1v) is 23.5. The zero-order chi connectivity index (χ0) is 46.5. The molecule has 342 valence electrons. The Bertz CT molecular complexity index is 2640. The molecule has 0 saturated carbocycles. The van der Waals surface area contributed by atoms with Crippen molar-refractivity contribution in [3.05, 3.63) is 125 Å². The summed E-state index contributed by atoms with van der Waals surface area (Å²) in [7, 11) is -2.77. The van der Waals surface area contributed by atoms with Gasteiger partial charge in [0.05, 0.1) is 35.7 Å². The second kappa shape index (κ2) is 19.7. The van der Waals surface area contributed by atoms with Gasteiger partial charge in [-0.3, -0.25) is 14.1 Å². The third-order valence-corrected chi connectivity index (χ3v) is 13.1. The van der Waals surface area contributed by atoms with E-state index in [1.54, 1.807) is 13.2 Å². The van der Waals surface area contributed by atoms with Crippen LogP contribution < -0.4 is 9.64 Å². The fourth-order valence-electron chi connectivity index (χ4n) is 8.92. The third-order valence-electron chi connectivity index (χ3n) is 12.2. The molecule has 1 fully saturated rings. The molecule has 1 saturated heterocycles. The summed E-state index contributed by atoms with van der Waals surface area (Å²) in [6.07, 6.45) is 16.3. The molecule has 0 unspecified atom stereocenters. The van der Waals surface area contributed by atoms with Crippen LogP contribution in [0.1, 0.15) is 95.4 Å². The normalized spacial score (nSPS) is 18.3. The summed E-state index contributed by atoms with van der Waals surface area (Å²) in [6.45, 7) is 13.5. The Morgan fingerprint density at radius 3 is 2.38 bits per heavy atom. The molecule has 4 aliphatic heterocycles. The van der Waals surface area contributed by atoms with Gasteiger partial charge in [-0.2, -0.15) is 13.0 Å². The second-order valence-corrected chi connectivity index (χ2v) is 19.0. The van der Waals surface area contributed by atoms with E-state index in [9.17, 15) is 27.4 Å². The number of hydrogen-bond donors (Lipinski definition) is 1. The van der Waals surface area contributed by atoms with E-state index in [0.29, 0.717) is 57.2 Å². The SMILES string of the molecule is COCCOCCN1c2cc3c(cc2C(C)=CC1(C)C)C(=CC=CC=CC1=[N+](CCCCCC(=O)ON2C(=O)CCC2=O)c2ccc(S(=O)(=O)O)cc2C1(C)C)C=C(c1ccccc1)O3. The van der Waals surface area contributed by atoms with Crippen LogP contribution in [-0.4, -0.2) is 91.7 Å². The first-order valence-electron chi connectivity index (χ1n) is 22.1. The van der Waals surface area contributed by atoms with E-state index < -0.39 is 33.3 Å². The van der Waals surface area contributed by atoms with Crippen LogP contribution in [0.3, 0.4) is 0 Å². The van der Waals surface area contributed by atoms with Gasteiger partial charge in [0.25, 0.3) is 21.9 Å². The number of ether oxygens (including phenoxy) is 3. The van der Waals surface area contributed by atoms with E-state index in [4.69, 9.17) is 19.0 Å². The number of benzene rings is 3. The van der Waals surface area contributed by atoms with E-state index in [1.165, 1.54) is 17.7 Å². The Balaban J connectivity index is 1.15. The first-order chi connectivity index (χ1) is 31.0. The van der Waals surface area contributed by atoms with E-state index in [1.807, 2.05) is 68.5 Å². The van der Waals surface area contributed by atoms with Gasteiger partial charge in [0.1, 0.15) is 18.1 Å². The van der Waals surface area contributed by atoms with Crippen LogP contribution in [0.5, 0.6) is 5.75 Å². The number of nitrogens with zero attached hydrogens (tertiary/aromatic N) is 3. The molecule has 1 N–H and O–H groups in total. The van der Waals surface area contributed by atoms with Gasteiger partial charge in [0.2, 0.25) is 5.69 Å². The van der Waals surface area contributed by atoms with E-state index in [-0.39, 0.29) is 29.7 Å². The number of hydroxylamine groups is 2. The van der Waals surface area contributed by atoms with Crippen LogP contribution in [0.4, 0.5) is 11.4 Å². The second-order valence-electron chi connectivity index (χ2n) is 17.6. The van der Waals surface area contributed by atoms with Gasteiger partial charge in [-0.1, -0.05) is 60.7 Å². The molecule has 2 amide bonds. The van der Waals surface area contributed by atoms with Gasteiger partial charge >= 0.3 is 5.97 Å². The Labute approximate surface area is 381 Å². The molecule has 0 aromatic heterocycles. The lowest BCUT2D eigenvalue weighted by Crippen LogP contribution is -2.46. The van der Waals surface area contributed by atoms with Gasteiger partial charge in [-0.15, -0.1) is 5.06 Å². The monoisotopic (exact) mass is 904 g/mol. The predicted molar refractivity (Wildman–Crippen MR) is 250 cm³/mol. The lowest BCUT2D eigenvalue weighted by Gasteiger charge is -2.44. The molecule has 65 heavy (non-hydrogen) atoms. The average molecular weight is 905 g/mol. The lowest BCUT2D eigenvalue weighted by molar-refractivity contribution is -0.438. The molecule has 3 aromatic carbocycles. The topological polar surface area (TPSA) is 152 Å². The highest BCUT2D eigenvalue weighted by Crippen LogP contribution is 2.47. The van der Waals surface area contributed by atoms with Crippen LogP contribution in [0.2, 0.25) is 0 Å². The van der Waals surface area contributed by atoms with Crippen molar-refractivity contribution in [1.29, 1.82) is 0 Å². The predicted octanol–water partition coefficient (Wildman–Crippen LogP) is 8.77. The zero-order valence-electron chi connectivity index (χ0n) is 38.0. The number of carbonyl (C=O) groups is 3. The molecule has 4 aliphatic rings. The molecule has 0 bridgehead atoms. The number of fused-ring (bicyclic) bond motifs is 3. The average Bonchev–Trinajstić information content (AvgIpc) is 3.69. The van der Waals surface area contributed by atoms with Crippen LogP contribution in [0.25, 0.3) is 16.9 Å². The van der Waals surface area contributed by atoms with Crippen molar-refractivity contribution < 1.29 is 51.0 Å². The lowest BCUT2D eigenvalue weighted by atomic mass is 9.81. The number of amides is 2. The molecule has 7 rings (SSSR count). The Kier molecular flexibility index (Phi) is 14.2. The minimum atomic E-state index is -4.44. The quantitative estimate of drug-likeness (QED) is 0.0429. The highest BCUT2D eigenvalue weighted by molar-refractivity contribution is 7.85. The minimum absolute atomic E-state index is 0.0361. The van der Waals surface area contributed by atoms with E-state index in [0.717, 1.165) is 56.4 Å². The number of anilines is 1. The molecule has 14 heteroatoms. The van der Waals surface area contributed by atoms with Crippen LogP contribution in [0, 0.1) is 0 Å². The number of rotatable bonds is 18. The molecule has 4 heterocycles.